The largest absolute Gasteiger partial charge is 0.467 e. The molecule has 1 amide bonds. The Morgan fingerprint density at radius 2 is 1.75 bits per heavy atom. The molecule has 0 spiro atoms. The molecule has 5 heteroatoms. The van der Waals surface area contributed by atoms with Gasteiger partial charge >= 0.3 is 5.97 Å². The number of halogens is 1. The average molecular weight is 390 g/mol. The summed E-state index contributed by atoms with van der Waals surface area (Å²) >= 11 is 3.46. The summed E-state index contributed by atoms with van der Waals surface area (Å²) in [6, 6.07) is 16.7. The van der Waals surface area contributed by atoms with Crippen molar-refractivity contribution >= 4 is 27.8 Å². The molecule has 1 atom stereocenters. The van der Waals surface area contributed by atoms with Gasteiger partial charge in [0, 0.05) is 17.3 Å². The first-order valence-electron chi connectivity index (χ1n) is 7.74. The number of carbonyl (C=O) groups is 2. The van der Waals surface area contributed by atoms with Gasteiger partial charge in [-0.2, -0.15) is 0 Å². The molecule has 2 rings (SSSR count). The van der Waals surface area contributed by atoms with Gasteiger partial charge in [0.1, 0.15) is 6.04 Å². The second kappa shape index (κ2) is 9.23. The van der Waals surface area contributed by atoms with E-state index in [4.69, 9.17) is 4.74 Å². The van der Waals surface area contributed by atoms with Crippen LogP contribution in [-0.2, 0) is 27.2 Å². The third kappa shape index (κ3) is 5.49. The van der Waals surface area contributed by atoms with Gasteiger partial charge < -0.3 is 10.1 Å². The minimum absolute atomic E-state index is 0.165. The molecule has 0 heterocycles. The summed E-state index contributed by atoms with van der Waals surface area (Å²) in [4.78, 5) is 24.2. The number of hydrogen-bond donors (Lipinski definition) is 1. The fourth-order valence-electron chi connectivity index (χ4n) is 2.39. The molecule has 24 heavy (non-hydrogen) atoms. The number of carbonyl (C=O) groups excluding carboxylic acids is 2. The Morgan fingerprint density at radius 3 is 2.42 bits per heavy atom. The molecule has 0 aliphatic heterocycles. The van der Waals surface area contributed by atoms with Crippen molar-refractivity contribution < 1.29 is 14.3 Å². The first-order chi connectivity index (χ1) is 11.6. The topological polar surface area (TPSA) is 55.4 Å². The van der Waals surface area contributed by atoms with Crippen LogP contribution in [0.25, 0.3) is 0 Å². The number of nitrogens with one attached hydrogen (secondary N) is 1. The summed E-state index contributed by atoms with van der Waals surface area (Å²) in [7, 11) is 1.32. The lowest BCUT2D eigenvalue weighted by atomic mass is 10.1. The predicted molar refractivity (Wildman–Crippen MR) is 96.6 cm³/mol. The number of amides is 1. The highest BCUT2D eigenvalue weighted by Gasteiger charge is 2.22. The van der Waals surface area contributed by atoms with E-state index in [-0.39, 0.29) is 5.91 Å². The van der Waals surface area contributed by atoms with Gasteiger partial charge in [0.15, 0.2) is 0 Å². The Hall–Kier alpha value is -2.14. The third-order valence-electron chi connectivity index (χ3n) is 3.69. The lowest BCUT2D eigenvalue weighted by Crippen LogP contribution is -2.43. The molecule has 0 saturated heterocycles. The zero-order valence-electron chi connectivity index (χ0n) is 13.5. The Bertz CT molecular complexity index is 688. The van der Waals surface area contributed by atoms with Gasteiger partial charge in [-0.25, -0.2) is 4.79 Å². The molecule has 0 saturated carbocycles. The number of methoxy groups -OCH3 is 1. The van der Waals surface area contributed by atoms with Gasteiger partial charge in [0.2, 0.25) is 5.91 Å². The summed E-state index contributed by atoms with van der Waals surface area (Å²) in [5, 5.41) is 2.78. The van der Waals surface area contributed by atoms with Crippen LogP contribution in [0.15, 0.2) is 59.1 Å². The Kier molecular flexibility index (Phi) is 7.00. The summed E-state index contributed by atoms with van der Waals surface area (Å²) in [5.41, 5.74) is 2.03. The molecule has 0 radical (unpaired) electrons. The Balaban J connectivity index is 1.97. The molecular weight excluding hydrogens is 370 g/mol. The van der Waals surface area contributed by atoms with E-state index in [9.17, 15) is 9.59 Å². The van der Waals surface area contributed by atoms with Crippen LogP contribution >= 0.6 is 15.9 Å². The van der Waals surface area contributed by atoms with E-state index < -0.39 is 12.0 Å². The number of rotatable bonds is 7. The average Bonchev–Trinajstić information content (AvgIpc) is 2.61. The lowest BCUT2D eigenvalue weighted by molar-refractivity contribution is -0.145. The van der Waals surface area contributed by atoms with Crippen molar-refractivity contribution in [2.24, 2.45) is 0 Å². The number of esters is 1. The Morgan fingerprint density at radius 1 is 1.08 bits per heavy atom. The standard InChI is InChI=1S/C19H20BrNO3/c1-24-19(23)17(13-15-9-5-6-10-16(15)20)21-18(22)12-11-14-7-3-2-4-8-14/h2-10,17H,11-13H2,1H3,(H,21,22)/t17-/m0/s1. The van der Waals surface area contributed by atoms with Gasteiger partial charge in [-0.15, -0.1) is 0 Å². The quantitative estimate of drug-likeness (QED) is 0.739. The van der Waals surface area contributed by atoms with Crippen molar-refractivity contribution in [3.05, 3.63) is 70.2 Å². The van der Waals surface area contributed by atoms with Gasteiger partial charge in [-0.3, -0.25) is 4.79 Å². The van der Waals surface area contributed by atoms with Crippen LogP contribution in [0.5, 0.6) is 0 Å². The lowest BCUT2D eigenvalue weighted by Gasteiger charge is -2.17. The summed E-state index contributed by atoms with van der Waals surface area (Å²) in [6.45, 7) is 0. The highest BCUT2D eigenvalue weighted by atomic mass is 79.9. The number of ether oxygens (including phenoxy) is 1. The molecule has 126 valence electrons. The van der Waals surface area contributed by atoms with Crippen molar-refractivity contribution in [1.82, 2.24) is 5.32 Å². The van der Waals surface area contributed by atoms with Crippen LogP contribution in [0.1, 0.15) is 17.5 Å². The van der Waals surface area contributed by atoms with Crippen molar-refractivity contribution in [2.75, 3.05) is 7.11 Å². The zero-order chi connectivity index (χ0) is 17.4. The van der Waals surface area contributed by atoms with Crippen molar-refractivity contribution in [1.29, 1.82) is 0 Å². The molecule has 4 nitrogen and oxygen atoms in total. The fourth-order valence-corrected chi connectivity index (χ4v) is 2.84. The second-order valence-electron chi connectivity index (χ2n) is 5.42. The van der Waals surface area contributed by atoms with Gasteiger partial charge in [-0.05, 0) is 23.6 Å². The SMILES string of the molecule is COC(=O)[C@H](Cc1ccccc1Br)NC(=O)CCc1ccccc1. The van der Waals surface area contributed by atoms with E-state index in [0.29, 0.717) is 19.3 Å². The predicted octanol–water partition coefficient (Wildman–Crippen LogP) is 3.28. The first-order valence-corrected chi connectivity index (χ1v) is 8.54. The molecule has 1 N–H and O–H groups in total. The summed E-state index contributed by atoms with van der Waals surface area (Å²) in [5.74, 6) is -0.611. The minimum Gasteiger partial charge on any atom is -0.467 e. The maximum atomic E-state index is 12.2. The van der Waals surface area contributed by atoms with Crippen LogP contribution in [0.3, 0.4) is 0 Å². The molecule has 0 aliphatic rings. The number of aryl methyl sites for hydroxylation is 1. The maximum absolute atomic E-state index is 12.2. The number of hydrogen-bond acceptors (Lipinski definition) is 3. The van der Waals surface area contributed by atoms with Crippen molar-refractivity contribution in [2.45, 2.75) is 25.3 Å². The molecule has 0 aromatic heterocycles. The second-order valence-corrected chi connectivity index (χ2v) is 6.28. The summed E-state index contributed by atoms with van der Waals surface area (Å²) < 4.78 is 5.72. The molecule has 2 aromatic carbocycles. The van der Waals surface area contributed by atoms with Crippen LogP contribution in [0.2, 0.25) is 0 Å². The van der Waals surface area contributed by atoms with E-state index in [2.05, 4.69) is 21.2 Å². The van der Waals surface area contributed by atoms with Gasteiger partial charge in [0.05, 0.1) is 7.11 Å². The van der Waals surface area contributed by atoms with Gasteiger partial charge in [-0.1, -0.05) is 64.5 Å². The highest BCUT2D eigenvalue weighted by Crippen LogP contribution is 2.18. The van der Waals surface area contributed by atoms with Crippen LogP contribution in [0, 0.1) is 0 Å². The maximum Gasteiger partial charge on any atom is 0.328 e. The molecule has 0 bridgehead atoms. The van der Waals surface area contributed by atoms with Crippen LogP contribution in [-0.4, -0.2) is 25.0 Å². The molecule has 2 aromatic rings. The van der Waals surface area contributed by atoms with E-state index in [1.807, 2.05) is 54.6 Å². The number of benzene rings is 2. The third-order valence-corrected chi connectivity index (χ3v) is 4.46. The van der Waals surface area contributed by atoms with Crippen LogP contribution in [0.4, 0.5) is 0 Å². The molecule has 0 aliphatic carbocycles. The van der Waals surface area contributed by atoms with E-state index in [1.54, 1.807) is 0 Å². The molecular formula is C19H20BrNO3. The highest BCUT2D eigenvalue weighted by molar-refractivity contribution is 9.10. The normalized spacial score (nSPS) is 11.6. The van der Waals surface area contributed by atoms with Gasteiger partial charge in [0.25, 0.3) is 0 Å². The first kappa shape index (κ1) is 18.2. The fraction of sp³-hybridized carbons (Fsp3) is 0.263. The van der Waals surface area contributed by atoms with Crippen molar-refractivity contribution in [3.63, 3.8) is 0 Å². The van der Waals surface area contributed by atoms with Crippen LogP contribution < -0.4 is 5.32 Å². The van der Waals surface area contributed by atoms with E-state index in [1.165, 1.54) is 7.11 Å². The minimum atomic E-state index is -0.697. The van der Waals surface area contributed by atoms with Crippen molar-refractivity contribution in [3.8, 4) is 0 Å². The smallest absolute Gasteiger partial charge is 0.328 e. The molecule has 0 unspecified atom stereocenters. The molecule has 0 fully saturated rings. The monoisotopic (exact) mass is 389 g/mol. The summed E-state index contributed by atoms with van der Waals surface area (Å²) in [6.07, 6.45) is 1.34. The Labute approximate surface area is 150 Å². The zero-order valence-corrected chi connectivity index (χ0v) is 15.1. The van der Waals surface area contributed by atoms with E-state index in [0.717, 1.165) is 15.6 Å². The van der Waals surface area contributed by atoms with E-state index >= 15 is 0 Å².